The van der Waals surface area contributed by atoms with E-state index >= 15 is 0 Å². The highest BCUT2D eigenvalue weighted by atomic mass is 35.5. The van der Waals surface area contributed by atoms with Gasteiger partial charge in [-0.15, -0.1) is 0 Å². The van der Waals surface area contributed by atoms with Crippen LogP contribution >= 0.6 is 11.6 Å². The molecule has 168 valence electrons. The summed E-state index contributed by atoms with van der Waals surface area (Å²) in [6.45, 7) is 8.39. The molecule has 0 atom stereocenters. The number of aromatic nitrogens is 2. The average Bonchev–Trinajstić information content (AvgIpc) is 3.05. The molecular weight excluding hydrogens is 412 g/mol. The van der Waals surface area contributed by atoms with E-state index in [1.54, 1.807) is 9.58 Å². The van der Waals surface area contributed by atoms with Crippen LogP contribution in [0.4, 0.5) is 0 Å². The zero-order valence-corrected chi connectivity index (χ0v) is 19.5. The molecule has 0 aliphatic carbocycles. The zero-order chi connectivity index (χ0) is 22.4. The number of piperidine rings is 1. The van der Waals surface area contributed by atoms with Crippen molar-refractivity contribution < 1.29 is 9.59 Å². The molecule has 0 radical (unpaired) electrons. The molecule has 0 unspecified atom stereocenters. The van der Waals surface area contributed by atoms with Gasteiger partial charge in [0.05, 0.1) is 17.8 Å². The number of unbranched alkanes of at least 4 members (excludes halogenated alkanes) is 2. The van der Waals surface area contributed by atoms with E-state index in [1.807, 2.05) is 26.0 Å². The molecule has 0 spiro atoms. The number of likely N-dealkylation sites (tertiary alicyclic amines) is 1. The van der Waals surface area contributed by atoms with Gasteiger partial charge in [-0.25, -0.2) is 4.68 Å². The molecule has 0 bridgehead atoms. The first-order valence-corrected chi connectivity index (χ1v) is 11.6. The van der Waals surface area contributed by atoms with Crippen LogP contribution in [0.1, 0.15) is 66.2 Å². The van der Waals surface area contributed by atoms with Crippen molar-refractivity contribution in [1.82, 2.24) is 20.0 Å². The van der Waals surface area contributed by atoms with Crippen LogP contribution in [0.15, 0.2) is 24.3 Å². The summed E-state index contributed by atoms with van der Waals surface area (Å²) in [6, 6.07) is 8.19. The molecule has 1 fully saturated rings. The summed E-state index contributed by atoms with van der Waals surface area (Å²) < 4.78 is 1.69. The molecule has 2 aromatic rings. The molecule has 1 aliphatic heterocycles. The number of carbonyl (C=O) groups excluding carboxylic acids is 2. The summed E-state index contributed by atoms with van der Waals surface area (Å²) in [7, 11) is 0. The Labute approximate surface area is 190 Å². The maximum atomic E-state index is 13.2. The Bertz CT molecular complexity index is 899. The van der Waals surface area contributed by atoms with Gasteiger partial charge in [-0.1, -0.05) is 61.2 Å². The third kappa shape index (κ3) is 5.88. The van der Waals surface area contributed by atoms with Gasteiger partial charge in [0.1, 0.15) is 5.15 Å². The van der Waals surface area contributed by atoms with Crippen molar-refractivity contribution in [2.24, 2.45) is 5.92 Å². The van der Waals surface area contributed by atoms with Gasteiger partial charge in [0, 0.05) is 25.6 Å². The molecule has 2 heterocycles. The van der Waals surface area contributed by atoms with Crippen LogP contribution in [0, 0.1) is 19.8 Å². The minimum atomic E-state index is -0.0977. The second-order valence-corrected chi connectivity index (χ2v) is 8.82. The molecule has 1 aliphatic rings. The van der Waals surface area contributed by atoms with Gasteiger partial charge in [-0.2, -0.15) is 5.10 Å². The lowest BCUT2D eigenvalue weighted by Gasteiger charge is -2.31. The Morgan fingerprint density at radius 2 is 1.81 bits per heavy atom. The number of hydrogen-bond donors (Lipinski definition) is 1. The maximum absolute atomic E-state index is 13.2. The number of aryl methyl sites for hydroxylation is 2. The highest BCUT2D eigenvalue weighted by Gasteiger charge is 2.30. The number of benzene rings is 1. The van der Waals surface area contributed by atoms with Gasteiger partial charge in [0.15, 0.2) is 0 Å². The molecule has 6 nitrogen and oxygen atoms in total. The molecule has 7 heteroatoms. The fraction of sp³-hybridized carbons (Fsp3) is 0.542. The largest absolute Gasteiger partial charge is 0.356 e. The van der Waals surface area contributed by atoms with Crippen LogP contribution in [0.25, 0.3) is 0 Å². The normalized spacial score (nSPS) is 14.6. The first-order chi connectivity index (χ1) is 14.9. The fourth-order valence-electron chi connectivity index (χ4n) is 4.00. The van der Waals surface area contributed by atoms with E-state index in [4.69, 9.17) is 11.6 Å². The van der Waals surface area contributed by atoms with E-state index in [-0.39, 0.29) is 17.7 Å². The van der Waals surface area contributed by atoms with E-state index in [0.29, 0.717) is 48.9 Å². The Morgan fingerprint density at radius 1 is 1.13 bits per heavy atom. The average molecular weight is 445 g/mol. The van der Waals surface area contributed by atoms with Crippen molar-refractivity contribution >= 4 is 23.4 Å². The standard InChI is InChI=1S/C24H33ClN4O2/c1-4-5-6-13-26-23(30)20-11-14-28(15-12-20)24(31)21-18(3)27-29(22(21)25)16-19-9-7-17(2)8-10-19/h7-10,20H,4-6,11-16H2,1-3H3,(H,26,30). The highest BCUT2D eigenvalue weighted by Crippen LogP contribution is 2.25. The topological polar surface area (TPSA) is 67.2 Å². The van der Waals surface area contributed by atoms with E-state index in [9.17, 15) is 9.59 Å². The lowest BCUT2D eigenvalue weighted by atomic mass is 9.95. The Kier molecular flexibility index (Phi) is 8.13. The van der Waals surface area contributed by atoms with Crippen molar-refractivity contribution in [2.45, 2.75) is 59.4 Å². The fourth-order valence-corrected chi connectivity index (χ4v) is 4.32. The predicted molar refractivity (Wildman–Crippen MR) is 123 cm³/mol. The second-order valence-electron chi connectivity index (χ2n) is 8.46. The lowest BCUT2D eigenvalue weighted by molar-refractivity contribution is -0.126. The van der Waals surface area contributed by atoms with Gasteiger partial charge in [-0.05, 0) is 38.7 Å². The quantitative estimate of drug-likeness (QED) is 0.615. The van der Waals surface area contributed by atoms with Crippen LogP contribution in [0.3, 0.4) is 0 Å². The summed E-state index contributed by atoms with van der Waals surface area (Å²) in [5, 5.41) is 7.92. The minimum absolute atomic E-state index is 0.0218. The number of rotatable bonds is 8. The van der Waals surface area contributed by atoms with Gasteiger partial charge >= 0.3 is 0 Å². The van der Waals surface area contributed by atoms with Crippen LogP contribution in [0.2, 0.25) is 5.15 Å². The van der Waals surface area contributed by atoms with Crippen LogP contribution in [-0.4, -0.2) is 46.1 Å². The molecule has 31 heavy (non-hydrogen) atoms. The predicted octanol–water partition coefficient (Wildman–Crippen LogP) is 4.36. The van der Waals surface area contributed by atoms with Crippen molar-refractivity contribution in [1.29, 1.82) is 0 Å². The Morgan fingerprint density at radius 3 is 2.45 bits per heavy atom. The van der Waals surface area contributed by atoms with Crippen LogP contribution < -0.4 is 5.32 Å². The summed E-state index contributed by atoms with van der Waals surface area (Å²) in [5.74, 6) is -0.00528. The smallest absolute Gasteiger partial charge is 0.258 e. The summed E-state index contributed by atoms with van der Waals surface area (Å²) in [4.78, 5) is 27.3. The van der Waals surface area contributed by atoms with E-state index in [2.05, 4.69) is 29.5 Å². The lowest BCUT2D eigenvalue weighted by Crippen LogP contribution is -2.43. The molecule has 1 saturated heterocycles. The minimum Gasteiger partial charge on any atom is -0.356 e. The Hall–Kier alpha value is -2.34. The molecule has 1 aromatic carbocycles. The molecular formula is C24H33ClN4O2. The number of nitrogens with zero attached hydrogens (tertiary/aromatic N) is 3. The summed E-state index contributed by atoms with van der Waals surface area (Å²) in [6.07, 6.45) is 4.65. The highest BCUT2D eigenvalue weighted by molar-refractivity contribution is 6.33. The first-order valence-electron chi connectivity index (χ1n) is 11.3. The number of halogens is 1. The van der Waals surface area contributed by atoms with Gasteiger partial charge in [-0.3, -0.25) is 9.59 Å². The van der Waals surface area contributed by atoms with Crippen LogP contribution in [-0.2, 0) is 11.3 Å². The van der Waals surface area contributed by atoms with E-state index in [0.717, 1.165) is 31.4 Å². The molecule has 1 aromatic heterocycles. The van der Waals surface area contributed by atoms with E-state index in [1.165, 1.54) is 5.56 Å². The summed E-state index contributed by atoms with van der Waals surface area (Å²) >= 11 is 6.58. The zero-order valence-electron chi connectivity index (χ0n) is 18.8. The molecule has 3 rings (SSSR count). The summed E-state index contributed by atoms with van der Waals surface area (Å²) in [5.41, 5.74) is 3.38. The third-order valence-electron chi connectivity index (χ3n) is 5.96. The molecule has 1 N–H and O–H groups in total. The number of nitrogens with one attached hydrogen (secondary N) is 1. The maximum Gasteiger partial charge on any atom is 0.258 e. The van der Waals surface area contributed by atoms with Crippen molar-refractivity contribution in [2.75, 3.05) is 19.6 Å². The van der Waals surface area contributed by atoms with Crippen molar-refractivity contribution in [3.63, 3.8) is 0 Å². The van der Waals surface area contributed by atoms with Gasteiger partial charge < -0.3 is 10.2 Å². The van der Waals surface area contributed by atoms with Gasteiger partial charge in [0.25, 0.3) is 5.91 Å². The van der Waals surface area contributed by atoms with Crippen LogP contribution in [0.5, 0.6) is 0 Å². The van der Waals surface area contributed by atoms with Crippen molar-refractivity contribution in [3.8, 4) is 0 Å². The molecule has 2 amide bonds. The first kappa shape index (κ1) is 23.3. The van der Waals surface area contributed by atoms with E-state index < -0.39 is 0 Å². The van der Waals surface area contributed by atoms with Crippen molar-refractivity contribution in [3.05, 3.63) is 51.8 Å². The number of amides is 2. The number of carbonyl (C=O) groups is 2. The SMILES string of the molecule is CCCCCNC(=O)C1CCN(C(=O)c2c(C)nn(Cc3ccc(C)cc3)c2Cl)CC1. The number of hydrogen-bond acceptors (Lipinski definition) is 3. The Balaban J connectivity index is 1.59. The van der Waals surface area contributed by atoms with Gasteiger partial charge in [0.2, 0.25) is 5.91 Å². The molecule has 0 saturated carbocycles. The third-order valence-corrected chi connectivity index (χ3v) is 6.35. The monoisotopic (exact) mass is 444 g/mol. The second kappa shape index (κ2) is 10.8.